The molecule has 2 heteroatoms. The van der Waals surface area contributed by atoms with Gasteiger partial charge in [-0.05, 0) is 42.2 Å². The van der Waals surface area contributed by atoms with Gasteiger partial charge in [-0.25, -0.2) is 4.79 Å². The molecule has 2 nitrogen and oxygen atoms in total. The van der Waals surface area contributed by atoms with Crippen molar-refractivity contribution in [3.63, 3.8) is 0 Å². The lowest BCUT2D eigenvalue weighted by atomic mass is 9.92. The van der Waals surface area contributed by atoms with Crippen LogP contribution in [0, 0.1) is 13.8 Å². The fraction of sp³-hybridized carbons (Fsp3) is 0.188. The minimum absolute atomic E-state index is 0.294. The zero-order valence-electron chi connectivity index (χ0n) is 10.9. The minimum Gasteiger partial charge on any atom is -0.465 e. The topological polar surface area (TPSA) is 26.3 Å². The van der Waals surface area contributed by atoms with Crippen LogP contribution in [0.2, 0.25) is 0 Å². The van der Waals surface area contributed by atoms with E-state index in [1.54, 1.807) is 6.07 Å². The summed E-state index contributed by atoms with van der Waals surface area (Å²) in [6.07, 6.45) is 0. The maximum Gasteiger partial charge on any atom is 0.338 e. The van der Waals surface area contributed by atoms with Gasteiger partial charge in [-0.15, -0.1) is 0 Å². The van der Waals surface area contributed by atoms with Gasteiger partial charge in [0, 0.05) is 0 Å². The monoisotopic (exact) mass is 240 g/mol. The van der Waals surface area contributed by atoms with Gasteiger partial charge in [-0.3, -0.25) is 0 Å². The van der Waals surface area contributed by atoms with E-state index < -0.39 is 0 Å². The molecule has 0 saturated carbocycles. The quantitative estimate of drug-likeness (QED) is 0.747. The van der Waals surface area contributed by atoms with Crippen LogP contribution in [-0.4, -0.2) is 13.1 Å². The van der Waals surface area contributed by atoms with Crippen LogP contribution in [0.5, 0.6) is 0 Å². The van der Waals surface area contributed by atoms with Crippen molar-refractivity contribution in [2.75, 3.05) is 7.11 Å². The predicted molar refractivity (Wildman–Crippen MR) is 72.7 cm³/mol. The van der Waals surface area contributed by atoms with Crippen molar-refractivity contribution in [2.24, 2.45) is 0 Å². The van der Waals surface area contributed by atoms with Crippen LogP contribution in [0.1, 0.15) is 21.5 Å². The van der Waals surface area contributed by atoms with Crippen LogP contribution in [0.3, 0.4) is 0 Å². The third kappa shape index (κ3) is 2.14. The molecule has 2 rings (SSSR count). The first-order chi connectivity index (χ1) is 8.65. The average molecular weight is 240 g/mol. The molecular weight excluding hydrogens is 224 g/mol. The van der Waals surface area contributed by atoms with Gasteiger partial charge in [0.15, 0.2) is 0 Å². The molecule has 0 aromatic heterocycles. The van der Waals surface area contributed by atoms with E-state index in [1.807, 2.05) is 50.2 Å². The maximum atomic E-state index is 11.8. The summed E-state index contributed by atoms with van der Waals surface area (Å²) in [5.74, 6) is -0.294. The summed E-state index contributed by atoms with van der Waals surface area (Å²) in [6.45, 7) is 4.05. The summed E-state index contributed by atoms with van der Waals surface area (Å²) >= 11 is 0. The summed E-state index contributed by atoms with van der Waals surface area (Å²) < 4.78 is 4.85. The zero-order chi connectivity index (χ0) is 13.1. The molecule has 0 spiro atoms. The number of carbonyl (C=O) groups is 1. The standard InChI is InChI=1S/C16H16O2/c1-11-7-4-5-9-13(11)15-12(2)8-6-10-14(15)16(17)18-3/h4-10H,1-3H3. The van der Waals surface area contributed by atoms with E-state index in [1.165, 1.54) is 7.11 Å². The normalized spacial score (nSPS) is 10.2. The van der Waals surface area contributed by atoms with Gasteiger partial charge in [0.1, 0.15) is 0 Å². The van der Waals surface area contributed by atoms with Crippen molar-refractivity contribution in [3.05, 3.63) is 59.2 Å². The molecule has 0 aliphatic rings. The molecule has 0 unspecified atom stereocenters. The largest absolute Gasteiger partial charge is 0.465 e. The maximum absolute atomic E-state index is 11.8. The lowest BCUT2D eigenvalue weighted by Crippen LogP contribution is -2.05. The molecule has 0 N–H and O–H groups in total. The Balaban J connectivity index is 2.70. The van der Waals surface area contributed by atoms with Crippen LogP contribution in [-0.2, 0) is 4.74 Å². The molecule has 0 atom stereocenters. The number of hydrogen-bond acceptors (Lipinski definition) is 2. The molecule has 0 fully saturated rings. The zero-order valence-corrected chi connectivity index (χ0v) is 10.9. The number of rotatable bonds is 2. The second-order valence-electron chi connectivity index (χ2n) is 4.30. The Kier molecular flexibility index (Phi) is 3.47. The lowest BCUT2D eigenvalue weighted by molar-refractivity contribution is 0.0601. The number of methoxy groups -OCH3 is 1. The Morgan fingerprint density at radius 3 is 2.28 bits per heavy atom. The summed E-state index contributed by atoms with van der Waals surface area (Å²) in [5, 5.41) is 0. The highest BCUT2D eigenvalue weighted by Gasteiger charge is 2.15. The molecule has 0 heterocycles. The van der Waals surface area contributed by atoms with Gasteiger partial charge < -0.3 is 4.74 Å². The lowest BCUT2D eigenvalue weighted by Gasteiger charge is -2.13. The van der Waals surface area contributed by atoms with E-state index in [9.17, 15) is 4.79 Å². The van der Waals surface area contributed by atoms with Crippen molar-refractivity contribution in [1.82, 2.24) is 0 Å². The highest BCUT2D eigenvalue weighted by molar-refractivity contribution is 5.98. The van der Waals surface area contributed by atoms with E-state index in [0.29, 0.717) is 5.56 Å². The van der Waals surface area contributed by atoms with Crippen LogP contribution in [0.15, 0.2) is 42.5 Å². The summed E-state index contributed by atoms with van der Waals surface area (Å²) in [6, 6.07) is 13.7. The molecule has 18 heavy (non-hydrogen) atoms. The van der Waals surface area contributed by atoms with E-state index in [0.717, 1.165) is 22.3 Å². The minimum atomic E-state index is -0.294. The van der Waals surface area contributed by atoms with E-state index in [4.69, 9.17) is 4.74 Å². The van der Waals surface area contributed by atoms with Crippen molar-refractivity contribution < 1.29 is 9.53 Å². The van der Waals surface area contributed by atoms with Crippen LogP contribution >= 0.6 is 0 Å². The van der Waals surface area contributed by atoms with Gasteiger partial charge in [0.25, 0.3) is 0 Å². The van der Waals surface area contributed by atoms with E-state index >= 15 is 0 Å². The Morgan fingerprint density at radius 2 is 1.61 bits per heavy atom. The number of esters is 1. The predicted octanol–water partition coefficient (Wildman–Crippen LogP) is 3.76. The third-order valence-electron chi connectivity index (χ3n) is 3.09. The third-order valence-corrected chi connectivity index (χ3v) is 3.09. The van der Waals surface area contributed by atoms with Gasteiger partial charge in [0.05, 0.1) is 12.7 Å². The van der Waals surface area contributed by atoms with Gasteiger partial charge >= 0.3 is 5.97 Å². The van der Waals surface area contributed by atoms with E-state index in [-0.39, 0.29) is 5.97 Å². The number of aryl methyl sites for hydroxylation is 2. The molecule has 0 amide bonds. The van der Waals surface area contributed by atoms with Gasteiger partial charge in [-0.2, -0.15) is 0 Å². The van der Waals surface area contributed by atoms with Crippen molar-refractivity contribution in [2.45, 2.75) is 13.8 Å². The Hall–Kier alpha value is -2.09. The molecule has 0 saturated heterocycles. The Bertz CT molecular complexity index is 585. The fourth-order valence-electron chi connectivity index (χ4n) is 2.16. The number of carbonyl (C=O) groups excluding carboxylic acids is 1. The summed E-state index contributed by atoms with van der Waals surface area (Å²) in [7, 11) is 1.41. The highest BCUT2D eigenvalue weighted by atomic mass is 16.5. The number of ether oxygens (including phenoxy) is 1. The molecule has 0 aliphatic carbocycles. The average Bonchev–Trinajstić information content (AvgIpc) is 2.39. The van der Waals surface area contributed by atoms with Crippen LogP contribution in [0.4, 0.5) is 0 Å². The van der Waals surface area contributed by atoms with Crippen molar-refractivity contribution in [3.8, 4) is 11.1 Å². The Labute approximate surface area is 107 Å². The van der Waals surface area contributed by atoms with Gasteiger partial charge in [0.2, 0.25) is 0 Å². The smallest absolute Gasteiger partial charge is 0.338 e. The second kappa shape index (κ2) is 5.05. The summed E-state index contributed by atoms with van der Waals surface area (Å²) in [5.41, 5.74) is 4.88. The van der Waals surface area contributed by atoms with Crippen LogP contribution < -0.4 is 0 Å². The fourth-order valence-corrected chi connectivity index (χ4v) is 2.16. The molecular formula is C16H16O2. The number of benzene rings is 2. The molecule has 2 aromatic rings. The molecule has 0 bridgehead atoms. The second-order valence-corrected chi connectivity index (χ2v) is 4.30. The first-order valence-corrected chi connectivity index (χ1v) is 5.89. The highest BCUT2D eigenvalue weighted by Crippen LogP contribution is 2.30. The molecule has 2 aromatic carbocycles. The van der Waals surface area contributed by atoms with Crippen LogP contribution in [0.25, 0.3) is 11.1 Å². The van der Waals surface area contributed by atoms with E-state index in [2.05, 4.69) is 0 Å². The molecule has 0 radical (unpaired) electrons. The van der Waals surface area contributed by atoms with Crippen molar-refractivity contribution in [1.29, 1.82) is 0 Å². The van der Waals surface area contributed by atoms with Crippen molar-refractivity contribution >= 4 is 5.97 Å². The van der Waals surface area contributed by atoms with Gasteiger partial charge in [-0.1, -0.05) is 36.4 Å². The molecule has 92 valence electrons. The Morgan fingerprint density at radius 1 is 0.944 bits per heavy atom. The molecule has 0 aliphatic heterocycles. The SMILES string of the molecule is COC(=O)c1cccc(C)c1-c1ccccc1C. The number of hydrogen-bond donors (Lipinski definition) is 0. The first-order valence-electron chi connectivity index (χ1n) is 5.89. The summed E-state index contributed by atoms with van der Waals surface area (Å²) in [4.78, 5) is 11.8. The first kappa shape index (κ1) is 12.4.